The van der Waals surface area contributed by atoms with Crippen LogP contribution in [0, 0.1) is 0 Å². The van der Waals surface area contributed by atoms with Crippen LogP contribution < -0.4 is 0 Å². The number of hydrogen-bond donors (Lipinski definition) is 0. The number of nitrogens with zero attached hydrogens (tertiary/aromatic N) is 1. The molecule has 0 aliphatic carbocycles. The molecule has 1 aliphatic heterocycles. The Bertz CT molecular complexity index is 435. The first-order valence-electron chi connectivity index (χ1n) is 7.08. The number of benzene rings is 1. The third-order valence-electron chi connectivity index (χ3n) is 3.93. The molecule has 1 fully saturated rings. The van der Waals surface area contributed by atoms with E-state index in [1.165, 1.54) is 12.7 Å². The number of hydrogen-bond acceptors (Lipinski definition) is 4. The van der Waals surface area contributed by atoms with Gasteiger partial charge in [-0.15, -0.1) is 0 Å². The Morgan fingerprint density at radius 2 is 2.05 bits per heavy atom. The van der Waals surface area contributed by atoms with Gasteiger partial charge in [0, 0.05) is 26.1 Å². The third-order valence-corrected chi connectivity index (χ3v) is 3.93. The van der Waals surface area contributed by atoms with E-state index in [-0.39, 0.29) is 18.0 Å². The van der Waals surface area contributed by atoms with Gasteiger partial charge in [0.25, 0.3) is 0 Å². The van der Waals surface area contributed by atoms with Crippen molar-refractivity contribution < 1.29 is 14.3 Å². The number of likely N-dealkylation sites (N-methyl/N-ethyl adjacent to an activating group) is 1. The molecular formula is C16H23NO3. The quantitative estimate of drug-likeness (QED) is 0.790. The molecule has 0 saturated carbocycles. The molecule has 1 heterocycles. The lowest BCUT2D eigenvalue weighted by atomic mass is 9.88. The van der Waals surface area contributed by atoms with Crippen LogP contribution in [0.4, 0.5) is 0 Å². The normalized spacial score (nSPS) is 25.1. The summed E-state index contributed by atoms with van der Waals surface area (Å²) in [6, 6.07) is 10.3. The van der Waals surface area contributed by atoms with Gasteiger partial charge >= 0.3 is 5.97 Å². The minimum atomic E-state index is -0.508. The first-order chi connectivity index (χ1) is 9.61. The van der Waals surface area contributed by atoms with Gasteiger partial charge in [-0.3, -0.25) is 0 Å². The van der Waals surface area contributed by atoms with E-state index >= 15 is 0 Å². The molecular weight excluding hydrogens is 254 g/mol. The Morgan fingerprint density at radius 3 is 2.70 bits per heavy atom. The number of piperidine rings is 1. The van der Waals surface area contributed by atoms with Crippen LogP contribution in [0.3, 0.4) is 0 Å². The van der Waals surface area contributed by atoms with Gasteiger partial charge in [-0.05, 0) is 26.0 Å². The van der Waals surface area contributed by atoms with Gasteiger partial charge in [0.05, 0.1) is 0 Å². The van der Waals surface area contributed by atoms with Crippen molar-refractivity contribution in [1.29, 1.82) is 0 Å². The van der Waals surface area contributed by atoms with Gasteiger partial charge in [0.1, 0.15) is 6.10 Å². The second-order valence-corrected chi connectivity index (χ2v) is 5.42. The van der Waals surface area contributed by atoms with E-state index in [0.29, 0.717) is 0 Å². The number of methoxy groups -OCH3 is 1. The van der Waals surface area contributed by atoms with Crippen LogP contribution in [0.5, 0.6) is 0 Å². The van der Waals surface area contributed by atoms with E-state index in [1.54, 1.807) is 6.92 Å². The van der Waals surface area contributed by atoms with Crippen molar-refractivity contribution in [1.82, 2.24) is 4.90 Å². The largest absolute Gasteiger partial charge is 0.460 e. The maximum atomic E-state index is 11.9. The summed E-state index contributed by atoms with van der Waals surface area (Å²) in [5, 5.41) is 0. The Balaban J connectivity index is 2.11. The molecule has 1 saturated heterocycles. The maximum absolute atomic E-state index is 11.9. The topological polar surface area (TPSA) is 38.8 Å². The summed E-state index contributed by atoms with van der Waals surface area (Å²) >= 11 is 0. The van der Waals surface area contributed by atoms with Gasteiger partial charge in [-0.1, -0.05) is 30.3 Å². The summed E-state index contributed by atoms with van der Waals surface area (Å²) in [7, 11) is 3.63. The van der Waals surface area contributed by atoms with E-state index in [1.807, 2.05) is 18.2 Å². The van der Waals surface area contributed by atoms with Gasteiger partial charge < -0.3 is 14.4 Å². The predicted molar refractivity (Wildman–Crippen MR) is 77.6 cm³/mol. The fraction of sp³-hybridized carbons (Fsp3) is 0.562. The monoisotopic (exact) mass is 277 g/mol. The Kier molecular flexibility index (Phi) is 5.15. The van der Waals surface area contributed by atoms with Gasteiger partial charge in [0.2, 0.25) is 0 Å². The van der Waals surface area contributed by atoms with Crippen molar-refractivity contribution in [3.05, 3.63) is 35.9 Å². The van der Waals surface area contributed by atoms with Crippen LogP contribution in [0.25, 0.3) is 0 Å². The fourth-order valence-corrected chi connectivity index (χ4v) is 2.60. The number of ether oxygens (including phenoxy) is 2. The molecule has 110 valence electrons. The van der Waals surface area contributed by atoms with Gasteiger partial charge in [0.15, 0.2) is 6.10 Å². The van der Waals surface area contributed by atoms with E-state index in [2.05, 4.69) is 24.1 Å². The molecule has 0 N–H and O–H groups in total. The predicted octanol–water partition coefficient (Wildman–Crippen LogP) is 2.05. The first-order valence-corrected chi connectivity index (χ1v) is 7.08. The molecule has 20 heavy (non-hydrogen) atoms. The molecule has 1 aromatic carbocycles. The van der Waals surface area contributed by atoms with Crippen LogP contribution in [-0.4, -0.2) is 50.3 Å². The molecule has 4 heteroatoms. The molecule has 0 aromatic heterocycles. The molecule has 0 radical (unpaired) electrons. The highest BCUT2D eigenvalue weighted by Crippen LogP contribution is 2.29. The molecule has 0 amide bonds. The zero-order chi connectivity index (χ0) is 14.5. The van der Waals surface area contributed by atoms with Crippen LogP contribution >= 0.6 is 0 Å². The lowest BCUT2D eigenvalue weighted by Gasteiger charge is -2.36. The minimum absolute atomic E-state index is 0.0706. The maximum Gasteiger partial charge on any atom is 0.335 e. The standard InChI is InChI=1S/C16H23NO3/c1-12(19-3)16(18)20-15-9-10-17(2)11-14(15)13-7-5-4-6-8-13/h4-8,12,14-15H,9-11H2,1-3H3. The second kappa shape index (κ2) is 6.86. The summed E-state index contributed by atoms with van der Waals surface area (Å²) < 4.78 is 10.7. The average Bonchev–Trinajstić information content (AvgIpc) is 2.49. The average molecular weight is 277 g/mol. The van der Waals surface area contributed by atoms with Crippen molar-refractivity contribution in [2.75, 3.05) is 27.2 Å². The number of carbonyl (C=O) groups is 1. The van der Waals surface area contributed by atoms with Crippen LogP contribution in [0.2, 0.25) is 0 Å². The SMILES string of the molecule is COC(C)C(=O)OC1CCN(C)CC1c1ccccc1. The summed E-state index contributed by atoms with van der Waals surface area (Å²) in [6.07, 6.45) is 0.280. The molecule has 1 aliphatic rings. The highest BCUT2D eigenvalue weighted by molar-refractivity contribution is 5.74. The first kappa shape index (κ1) is 15.0. The lowest BCUT2D eigenvalue weighted by molar-refractivity contribution is -0.163. The Morgan fingerprint density at radius 1 is 1.35 bits per heavy atom. The van der Waals surface area contributed by atoms with Gasteiger partial charge in [-0.2, -0.15) is 0 Å². The number of likely N-dealkylation sites (tertiary alicyclic amines) is 1. The van der Waals surface area contributed by atoms with Crippen molar-refractivity contribution in [2.24, 2.45) is 0 Å². The molecule has 1 aromatic rings. The van der Waals surface area contributed by atoms with Gasteiger partial charge in [-0.25, -0.2) is 4.79 Å². The van der Waals surface area contributed by atoms with E-state index < -0.39 is 6.10 Å². The van der Waals surface area contributed by atoms with E-state index in [9.17, 15) is 4.79 Å². The molecule has 4 nitrogen and oxygen atoms in total. The molecule has 3 unspecified atom stereocenters. The Hall–Kier alpha value is -1.39. The molecule has 3 atom stereocenters. The number of esters is 1. The van der Waals surface area contributed by atoms with Crippen LogP contribution in [0.1, 0.15) is 24.8 Å². The van der Waals surface area contributed by atoms with Crippen LogP contribution in [-0.2, 0) is 14.3 Å². The zero-order valence-corrected chi connectivity index (χ0v) is 12.4. The number of carbonyl (C=O) groups excluding carboxylic acids is 1. The van der Waals surface area contributed by atoms with Crippen molar-refractivity contribution in [2.45, 2.75) is 31.5 Å². The Labute approximate surface area is 120 Å². The summed E-state index contributed by atoms with van der Waals surface area (Å²) in [6.45, 7) is 3.57. The zero-order valence-electron chi connectivity index (χ0n) is 12.4. The number of rotatable bonds is 4. The van der Waals surface area contributed by atoms with E-state index in [0.717, 1.165) is 19.5 Å². The van der Waals surface area contributed by atoms with Crippen molar-refractivity contribution in [3.8, 4) is 0 Å². The minimum Gasteiger partial charge on any atom is -0.460 e. The van der Waals surface area contributed by atoms with Crippen molar-refractivity contribution >= 4 is 5.97 Å². The summed E-state index contributed by atoms with van der Waals surface area (Å²) in [5.74, 6) is -0.0501. The van der Waals surface area contributed by atoms with Crippen molar-refractivity contribution in [3.63, 3.8) is 0 Å². The molecule has 0 spiro atoms. The third kappa shape index (κ3) is 3.58. The lowest BCUT2D eigenvalue weighted by Crippen LogP contribution is -2.43. The summed E-state index contributed by atoms with van der Waals surface area (Å²) in [4.78, 5) is 14.2. The highest BCUT2D eigenvalue weighted by Gasteiger charge is 2.32. The fourth-order valence-electron chi connectivity index (χ4n) is 2.60. The van der Waals surface area contributed by atoms with E-state index in [4.69, 9.17) is 9.47 Å². The summed E-state index contributed by atoms with van der Waals surface area (Å²) in [5.41, 5.74) is 1.22. The van der Waals surface area contributed by atoms with Crippen LogP contribution in [0.15, 0.2) is 30.3 Å². The second-order valence-electron chi connectivity index (χ2n) is 5.42. The highest BCUT2D eigenvalue weighted by atomic mass is 16.6. The molecule has 0 bridgehead atoms. The molecule has 2 rings (SSSR count). The smallest absolute Gasteiger partial charge is 0.335 e.